The first-order valence-corrected chi connectivity index (χ1v) is 14.8. The van der Waals surface area contributed by atoms with E-state index in [1.165, 1.54) is 0 Å². The van der Waals surface area contributed by atoms with Crippen molar-refractivity contribution < 1.29 is 19.8 Å². The minimum Gasteiger partial charge on any atom is -0.507 e. The Hall–Kier alpha value is -3.10. The molecule has 0 aliphatic rings. The number of aromatic hydroxyl groups is 2. The first kappa shape index (κ1) is 35.1. The predicted molar refractivity (Wildman–Crippen MR) is 170 cm³/mol. The van der Waals surface area contributed by atoms with Crippen molar-refractivity contribution in [3.05, 3.63) is 57.6 Å². The van der Waals surface area contributed by atoms with E-state index in [0.717, 1.165) is 38.5 Å². The first-order valence-electron chi connectivity index (χ1n) is 14.8. The second-order valence-electron chi connectivity index (χ2n) is 15.5. The summed E-state index contributed by atoms with van der Waals surface area (Å²) in [6, 6.07) is 7.81. The molecular weight excluding hydrogens is 528 g/mol. The molecule has 0 unspecified atom stereocenters. The summed E-state index contributed by atoms with van der Waals surface area (Å²) in [5.41, 5.74) is 8.98. The van der Waals surface area contributed by atoms with Crippen molar-refractivity contribution >= 4 is 11.8 Å². The van der Waals surface area contributed by atoms with Crippen molar-refractivity contribution in [2.75, 3.05) is 0 Å². The highest BCUT2D eigenvalue weighted by Crippen LogP contribution is 2.41. The molecule has 2 rings (SSSR count). The third-order valence-corrected chi connectivity index (χ3v) is 7.45. The Morgan fingerprint density at radius 2 is 0.952 bits per heavy atom. The van der Waals surface area contributed by atoms with Crippen LogP contribution >= 0.6 is 0 Å². The summed E-state index contributed by atoms with van der Waals surface area (Å²) in [4.78, 5) is 25.9. The summed E-state index contributed by atoms with van der Waals surface area (Å²) >= 11 is 0. The van der Waals surface area contributed by atoms with E-state index in [1.54, 1.807) is 0 Å². The van der Waals surface area contributed by atoms with E-state index in [4.69, 9.17) is 5.84 Å². The Kier molecular flexibility index (Phi) is 10.6. The number of benzene rings is 2. The average Bonchev–Trinajstić information content (AvgIpc) is 2.82. The zero-order valence-corrected chi connectivity index (χ0v) is 27.9. The molecule has 0 heterocycles. The van der Waals surface area contributed by atoms with Gasteiger partial charge < -0.3 is 10.2 Å². The summed E-state index contributed by atoms with van der Waals surface area (Å²) in [5, 5.41) is 22.9. The lowest BCUT2D eigenvalue weighted by atomic mass is 9.78. The summed E-state index contributed by atoms with van der Waals surface area (Å²) in [6.45, 7) is 24.6. The van der Waals surface area contributed by atoms with E-state index < -0.39 is 0 Å². The largest absolute Gasteiger partial charge is 0.507 e. The molecular formula is C34H54N4O4. The lowest BCUT2D eigenvalue weighted by Crippen LogP contribution is -2.56. The average molecular weight is 583 g/mol. The van der Waals surface area contributed by atoms with Crippen LogP contribution in [0.3, 0.4) is 0 Å². The van der Waals surface area contributed by atoms with Crippen LogP contribution in [0.5, 0.6) is 11.5 Å². The second-order valence-corrected chi connectivity index (χ2v) is 15.5. The maximum atomic E-state index is 13.0. The molecule has 42 heavy (non-hydrogen) atoms. The van der Waals surface area contributed by atoms with E-state index in [1.807, 2.05) is 107 Å². The van der Waals surface area contributed by atoms with Crippen LogP contribution in [0.1, 0.15) is 129 Å². The number of phenolic OH excluding ortho intramolecular Hbond substituents is 2. The van der Waals surface area contributed by atoms with E-state index >= 15 is 0 Å². The number of phenols is 2. The molecule has 2 amide bonds. The van der Waals surface area contributed by atoms with Gasteiger partial charge in [-0.15, -0.1) is 5.53 Å². The molecule has 2 aromatic rings. The molecule has 234 valence electrons. The quantitative estimate of drug-likeness (QED) is 0.199. The predicted octanol–water partition coefficient (Wildman–Crippen LogP) is 6.09. The van der Waals surface area contributed by atoms with Crippen molar-refractivity contribution in [1.82, 2.24) is 16.1 Å². The molecule has 2 aromatic carbocycles. The fourth-order valence-corrected chi connectivity index (χ4v) is 4.93. The Balaban J connectivity index is 2.15. The van der Waals surface area contributed by atoms with Crippen molar-refractivity contribution in [2.24, 2.45) is 5.84 Å². The van der Waals surface area contributed by atoms with E-state index in [0.29, 0.717) is 24.3 Å². The fraction of sp³-hybridized carbons (Fsp3) is 0.588. The molecule has 6 N–H and O–H groups in total. The molecule has 0 fully saturated rings. The fourth-order valence-electron chi connectivity index (χ4n) is 4.93. The van der Waals surface area contributed by atoms with Crippen molar-refractivity contribution in [3.63, 3.8) is 0 Å². The minimum absolute atomic E-state index is 0.101. The van der Waals surface area contributed by atoms with Gasteiger partial charge in [-0.1, -0.05) is 107 Å². The monoisotopic (exact) mass is 582 g/mol. The number of hydrogen-bond acceptors (Lipinski definition) is 6. The Bertz CT molecular complexity index is 1220. The lowest BCUT2D eigenvalue weighted by molar-refractivity contribution is -0.145. The standard InChI is InChI=1S/C34H54N4O4/c1-31(2,3)23-17-21(18-24(29(23)41)32(4,5)6)13-15-27(39)36-38(37-35)28(40)16-14-22-19-25(33(7,8)9)30(42)26(20-22)34(10,11)12/h17-20,37,41-42H,13-16,35H2,1-12H3,(H,36,39). The Morgan fingerprint density at radius 1 is 0.643 bits per heavy atom. The van der Waals surface area contributed by atoms with Crippen LogP contribution in [0.25, 0.3) is 0 Å². The first-order chi connectivity index (χ1) is 19.0. The van der Waals surface area contributed by atoms with Crippen molar-refractivity contribution in [3.8, 4) is 11.5 Å². The number of rotatable bonds is 7. The molecule has 0 spiro atoms. The third-order valence-electron chi connectivity index (χ3n) is 7.45. The van der Waals surface area contributed by atoms with Gasteiger partial charge in [0.15, 0.2) is 0 Å². The maximum absolute atomic E-state index is 13.0. The Morgan fingerprint density at radius 3 is 1.24 bits per heavy atom. The number of aryl methyl sites for hydroxylation is 2. The van der Waals surface area contributed by atoms with Crippen LogP contribution in [-0.4, -0.2) is 27.1 Å². The molecule has 8 nitrogen and oxygen atoms in total. The van der Waals surface area contributed by atoms with E-state index in [2.05, 4.69) is 11.0 Å². The molecule has 0 aromatic heterocycles. The number of amides is 2. The Labute approximate surface area is 253 Å². The number of nitrogens with two attached hydrogens (primary N) is 1. The van der Waals surface area contributed by atoms with Gasteiger partial charge in [0, 0.05) is 12.8 Å². The normalized spacial score (nSPS) is 12.8. The lowest BCUT2D eigenvalue weighted by Gasteiger charge is -2.28. The maximum Gasteiger partial charge on any atom is 0.257 e. The van der Waals surface area contributed by atoms with Gasteiger partial charge in [0.1, 0.15) is 11.5 Å². The second kappa shape index (κ2) is 12.6. The topological polar surface area (TPSA) is 128 Å². The van der Waals surface area contributed by atoms with Gasteiger partial charge >= 0.3 is 0 Å². The molecule has 0 saturated heterocycles. The molecule has 0 atom stereocenters. The van der Waals surface area contributed by atoms with Gasteiger partial charge in [0.2, 0.25) is 5.91 Å². The zero-order chi connectivity index (χ0) is 32.4. The van der Waals surface area contributed by atoms with Crippen LogP contribution in [0.2, 0.25) is 0 Å². The van der Waals surface area contributed by atoms with Crippen LogP contribution in [0.4, 0.5) is 0 Å². The molecule has 8 heteroatoms. The molecule has 0 aliphatic carbocycles. The van der Waals surface area contributed by atoms with Crippen LogP contribution < -0.4 is 16.8 Å². The van der Waals surface area contributed by atoms with E-state index in [-0.39, 0.29) is 46.3 Å². The SMILES string of the molecule is CC(C)(C)c1cc(CCC(=O)NN(NN)C(=O)CCc2cc(C(C)(C)C)c(O)c(C(C)(C)C)c2)cc(C(C)(C)C)c1O. The van der Waals surface area contributed by atoms with Gasteiger partial charge in [-0.3, -0.25) is 15.4 Å². The van der Waals surface area contributed by atoms with Gasteiger partial charge in [0.05, 0.1) is 0 Å². The number of nitrogens with zero attached hydrogens (tertiary/aromatic N) is 1. The molecule has 0 saturated carbocycles. The summed E-state index contributed by atoms with van der Waals surface area (Å²) in [6.07, 6.45) is 1.08. The molecule has 0 aliphatic heterocycles. The van der Waals surface area contributed by atoms with Crippen LogP contribution in [0.15, 0.2) is 24.3 Å². The van der Waals surface area contributed by atoms with Crippen LogP contribution in [-0.2, 0) is 44.1 Å². The number of carbonyl (C=O) groups excluding carboxylic acids is 2. The van der Waals surface area contributed by atoms with Gasteiger partial charge in [-0.25, -0.2) is 5.43 Å². The van der Waals surface area contributed by atoms with Gasteiger partial charge in [0.25, 0.3) is 5.91 Å². The summed E-state index contributed by atoms with van der Waals surface area (Å²) in [7, 11) is 0. The zero-order valence-electron chi connectivity index (χ0n) is 27.9. The summed E-state index contributed by atoms with van der Waals surface area (Å²) < 4.78 is 0. The highest BCUT2D eigenvalue weighted by atomic mass is 16.3. The number of carbonyl (C=O) groups is 2. The number of hydrogen-bond donors (Lipinski definition) is 5. The number of hydrazine groups is 3. The highest BCUT2D eigenvalue weighted by molar-refractivity contribution is 5.82. The highest BCUT2D eigenvalue weighted by Gasteiger charge is 2.28. The van der Waals surface area contributed by atoms with Crippen molar-refractivity contribution in [2.45, 2.75) is 130 Å². The van der Waals surface area contributed by atoms with Gasteiger partial charge in [-0.2, -0.15) is 5.12 Å². The van der Waals surface area contributed by atoms with Crippen LogP contribution in [0, 0.1) is 0 Å². The van der Waals surface area contributed by atoms with Crippen molar-refractivity contribution in [1.29, 1.82) is 0 Å². The summed E-state index contributed by atoms with van der Waals surface area (Å²) in [5.74, 6) is 5.45. The molecule has 0 bridgehead atoms. The minimum atomic E-state index is -0.386. The number of nitrogens with one attached hydrogen (secondary N) is 2. The van der Waals surface area contributed by atoms with Gasteiger partial charge in [-0.05, 0) is 67.9 Å². The smallest absolute Gasteiger partial charge is 0.257 e. The molecule has 0 radical (unpaired) electrons. The van der Waals surface area contributed by atoms with E-state index in [9.17, 15) is 19.8 Å². The third kappa shape index (κ3) is 8.95.